The van der Waals surface area contributed by atoms with Crippen LogP contribution in [0.15, 0.2) is 77.8 Å². The minimum atomic E-state index is -3.86. The summed E-state index contributed by atoms with van der Waals surface area (Å²) in [6.07, 6.45) is 4.24. The van der Waals surface area contributed by atoms with Crippen LogP contribution in [0.25, 0.3) is 21.9 Å². The van der Waals surface area contributed by atoms with E-state index in [9.17, 15) is 13.2 Å². The number of quaternary nitrogens is 1. The summed E-state index contributed by atoms with van der Waals surface area (Å²) in [5.74, 6) is 0.403. The molecule has 1 fully saturated rings. The number of nitrogens with zero attached hydrogens (tertiary/aromatic N) is 2. The van der Waals surface area contributed by atoms with Crippen molar-refractivity contribution in [3.8, 4) is 17.0 Å². The molecule has 2 N–H and O–H groups in total. The first kappa shape index (κ1) is 26.3. The molecule has 1 aliphatic heterocycles. The smallest absolute Gasteiger partial charge is 0.262 e. The van der Waals surface area contributed by atoms with Crippen molar-refractivity contribution in [2.75, 3.05) is 43.9 Å². The van der Waals surface area contributed by atoms with Crippen molar-refractivity contribution in [3.05, 3.63) is 78.5 Å². The Morgan fingerprint density at radius 1 is 1.02 bits per heavy atom. The Labute approximate surface area is 234 Å². The zero-order chi connectivity index (χ0) is 28.1. The highest BCUT2D eigenvalue weighted by atomic mass is 32.2. The summed E-state index contributed by atoms with van der Waals surface area (Å²) < 4.78 is 35.1. The van der Waals surface area contributed by atoms with Crippen molar-refractivity contribution in [2.24, 2.45) is 0 Å². The van der Waals surface area contributed by atoms with Crippen LogP contribution in [0.2, 0.25) is 0 Å². The molecule has 0 saturated heterocycles. The number of carbonyl (C=O) groups excluding carboxylic acids is 1. The highest BCUT2D eigenvalue weighted by Gasteiger charge is 2.59. The number of carbonyl (C=O) groups is 1. The summed E-state index contributed by atoms with van der Waals surface area (Å²) in [5.41, 5.74) is 3.56. The average molecular weight is 558 g/mol. The van der Waals surface area contributed by atoms with E-state index in [0.717, 1.165) is 59.0 Å². The van der Waals surface area contributed by atoms with Gasteiger partial charge >= 0.3 is 0 Å². The number of anilines is 2. The summed E-state index contributed by atoms with van der Waals surface area (Å²) in [6, 6.07) is 20.2. The quantitative estimate of drug-likeness (QED) is 0.307. The number of sulfonamides is 1. The highest BCUT2D eigenvalue weighted by molar-refractivity contribution is 7.92. The van der Waals surface area contributed by atoms with Gasteiger partial charge in [-0.05, 0) is 65.1 Å². The Balaban J connectivity index is 1.40. The van der Waals surface area contributed by atoms with Crippen LogP contribution in [0, 0.1) is 0 Å². The summed E-state index contributed by atoms with van der Waals surface area (Å²) >= 11 is 0. The van der Waals surface area contributed by atoms with E-state index in [1.165, 1.54) is 4.90 Å². The number of aromatic nitrogens is 1. The standard InChI is InChI=1S/C31H32N4O4S/c1-34(2)16-7-17-39-29-26(33-40(37,38)24-8-5-4-6-9-24)19-23(20-32-29)22-11-10-21-12-13-27-28(25(21)18-22)31(14-15-31)30(36)35(27)3/h4-6,8-13,18-20,33H,7,14-17H2,1-3H3/p+1. The minimum Gasteiger partial charge on any atom is -0.476 e. The van der Waals surface area contributed by atoms with Gasteiger partial charge in [0, 0.05) is 30.9 Å². The molecule has 3 aromatic carbocycles. The van der Waals surface area contributed by atoms with Crippen LogP contribution in [-0.4, -0.2) is 53.6 Å². The van der Waals surface area contributed by atoms with Crippen molar-refractivity contribution in [2.45, 2.75) is 29.6 Å². The second-order valence-electron chi connectivity index (χ2n) is 11.0. The van der Waals surface area contributed by atoms with Gasteiger partial charge in [0.05, 0.1) is 37.6 Å². The zero-order valence-electron chi connectivity index (χ0n) is 22.9. The van der Waals surface area contributed by atoms with Gasteiger partial charge in [-0.3, -0.25) is 9.52 Å². The van der Waals surface area contributed by atoms with E-state index in [2.05, 4.69) is 29.9 Å². The third-order valence-corrected chi connectivity index (χ3v) is 9.23. The molecule has 2 aliphatic rings. The van der Waals surface area contributed by atoms with Gasteiger partial charge in [-0.2, -0.15) is 0 Å². The topological polar surface area (TPSA) is 93.0 Å². The van der Waals surface area contributed by atoms with Crippen molar-refractivity contribution in [3.63, 3.8) is 0 Å². The Morgan fingerprint density at radius 3 is 2.50 bits per heavy atom. The third-order valence-electron chi connectivity index (χ3n) is 7.85. The van der Waals surface area contributed by atoms with Gasteiger partial charge in [-0.1, -0.05) is 36.4 Å². The molecule has 40 heavy (non-hydrogen) atoms. The van der Waals surface area contributed by atoms with E-state index in [1.54, 1.807) is 47.5 Å². The average Bonchev–Trinajstić information content (AvgIpc) is 3.72. The summed E-state index contributed by atoms with van der Waals surface area (Å²) in [5, 5.41) is 2.11. The number of likely N-dealkylation sites (N-methyl/N-ethyl adjacent to an activating group) is 1. The SMILES string of the molecule is CN1C(=O)C2(CC2)c2c1ccc1ccc(-c3cnc(OCCC[NH+](C)C)c(NS(=O)(=O)c4ccccc4)c3)cc21. The van der Waals surface area contributed by atoms with Gasteiger partial charge < -0.3 is 14.5 Å². The molecule has 2 heterocycles. The number of fused-ring (bicyclic) bond motifs is 4. The second kappa shape index (κ2) is 9.91. The molecule has 1 spiro atoms. The van der Waals surface area contributed by atoms with Crippen molar-refractivity contribution in [1.29, 1.82) is 0 Å². The molecule has 1 aliphatic carbocycles. The molecule has 9 heteroatoms. The van der Waals surface area contributed by atoms with Crippen molar-refractivity contribution in [1.82, 2.24) is 4.98 Å². The van der Waals surface area contributed by atoms with Crippen LogP contribution < -0.4 is 19.3 Å². The molecule has 0 radical (unpaired) electrons. The van der Waals surface area contributed by atoms with E-state index in [4.69, 9.17) is 4.74 Å². The molecule has 4 aromatic rings. The molecular weight excluding hydrogens is 524 g/mol. The van der Waals surface area contributed by atoms with E-state index >= 15 is 0 Å². The predicted octanol–water partition coefficient (Wildman–Crippen LogP) is 3.62. The monoisotopic (exact) mass is 557 g/mol. The number of rotatable bonds is 9. The van der Waals surface area contributed by atoms with E-state index in [1.807, 2.05) is 31.3 Å². The molecular formula is C31H33N4O4S+. The fourth-order valence-electron chi connectivity index (χ4n) is 5.59. The molecule has 8 nitrogen and oxygen atoms in total. The summed E-state index contributed by atoms with van der Waals surface area (Å²) in [4.78, 5) is 20.8. The lowest BCUT2D eigenvalue weighted by atomic mass is 9.90. The van der Waals surface area contributed by atoms with Crippen LogP contribution in [0.5, 0.6) is 5.88 Å². The Kier molecular flexibility index (Phi) is 6.51. The Hall–Kier alpha value is -3.95. The van der Waals surface area contributed by atoms with E-state index < -0.39 is 15.4 Å². The highest BCUT2D eigenvalue weighted by Crippen LogP contribution is 2.59. The van der Waals surface area contributed by atoms with Crippen LogP contribution in [0.1, 0.15) is 24.8 Å². The van der Waals surface area contributed by atoms with Gasteiger partial charge in [0.15, 0.2) is 0 Å². The largest absolute Gasteiger partial charge is 0.476 e. The van der Waals surface area contributed by atoms with Crippen LogP contribution >= 0.6 is 0 Å². The van der Waals surface area contributed by atoms with Crippen LogP contribution in [-0.2, 0) is 20.2 Å². The predicted molar refractivity (Wildman–Crippen MR) is 157 cm³/mol. The number of hydrogen-bond donors (Lipinski definition) is 2. The molecule has 1 saturated carbocycles. The molecule has 0 bridgehead atoms. The first-order valence-electron chi connectivity index (χ1n) is 13.6. The molecule has 1 aromatic heterocycles. The molecule has 6 rings (SSSR count). The fourth-order valence-corrected chi connectivity index (χ4v) is 6.66. The number of benzene rings is 3. The number of ether oxygens (including phenoxy) is 1. The normalized spacial score (nSPS) is 15.6. The lowest BCUT2D eigenvalue weighted by molar-refractivity contribution is -0.858. The zero-order valence-corrected chi connectivity index (χ0v) is 23.7. The maximum absolute atomic E-state index is 13.2. The maximum Gasteiger partial charge on any atom is 0.262 e. The van der Waals surface area contributed by atoms with Gasteiger partial charge in [0.2, 0.25) is 11.8 Å². The molecule has 0 unspecified atom stereocenters. The molecule has 1 amide bonds. The number of nitrogens with one attached hydrogen (secondary N) is 2. The maximum atomic E-state index is 13.2. The van der Waals surface area contributed by atoms with Gasteiger partial charge in [0.25, 0.3) is 10.0 Å². The number of hydrogen-bond acceptors (Lipinski definition) is 5. The van der Waals surface area contributed by atoms with Crippen LogP contribution in [0.4, 0.5) is 11.4 Å². The Bertz CT molecular complexity index is 1720. The van der Waals surface area contributed by atoms with E-state index in [0.29, 0.717) is 6.61 Å². The summed E-state index contributed by atoms with van der Waals surface area (Å²) in [6.45, 7) is 1.34. The number of amides is 1. The number of pyridine rings is 1. The van der Waals surface area contributed by atoms with E-state index in [-0.39, 0.29) is 22.4 Å². The lowest BCUT2D eigenvalue weighted by Gasteiger charge is -2.16. The molecule has 0 atom stereocenters. The Morgan fingerprint density at radius 2 is 1.77 bits per heavy atom. The van der Waals surface area contributed by atoms with Crippen molar-refractivity contribution >= 4 is 38.1 Å². The fraction of sp³-hybridized carbons (Fsp3) is 0.290. The van der Waals surface area contributed by atoms with Gasteiger partial charge in [0.1, 0.15) is 5.69 Å². The summed E-state index contributed by atoms with van der Waals surface area (Å²) in [7, 11) is 2.13. The lowest BCUT2D eigenvalue weighted by Crippen LogP contribution is -3.05. The van der Waals surface area contributed by atoms with Gasteiger partial charge in [-0.25, -0.2) is 13.4 Å². The molecule has 206 valence electrons. The second-order valence-corrected chi connectivity index (χ2v) is 12.7. The van der Waals surface area contributed by atoms with Crippen molar-refractivity contribution < 1.29 is 22.8 Å². The third kappa shape index (κ3) is 4.59. The minimum absolute atomic E-state index is 0.160. The first-order chi connectivity index (χ1) is 19.2. The first-order valence-corrected chi connectivity index (χ1v) is 15.0. The van der Waals surface area contributed by atoms with Crippen LogP contribution in [0.3, 0.4) is 0 Å². The van der Waals surface area contributed by atoms with Gasteiger partial charge in [-0.15, -0.1) is 0 Å².